The molecule has 1 amide bonds. The molecule has 0 radical (unpaired) electrons. The van der Waals surface area contributed by atoms with Crippen LogP contribution in [-0.2, 0) is 4.79 Å². The van der Waals surface area contributed by atoms with Gasteiger partial charge in [-0.15, -0.1) is 0 Å². The molecule has 0 aromatic carbocycles. The van der Waals surface area contributed by atoms with E-state index in [0.717, 1.165) is 12.8 Å². The molecule has 1 atom stereocenters. The van der Waals surface area contributed by atoms with Crippen LogP contribution in [0.1, 0.15) is 19.8 Å². The van der Waals surface area contributed by atoms with E-state index in [2.05, 4.69) is 5.32 Å². The van der Waals surface area contributed by atoms with Crippen molar-refractivity contribution in [2.45, 2.75) is 31.7 Å². The summed E-state index contributed by atoms with van der Waals surface area (Å²) in [7, 11) is 0. The summed E-state index contributed by atoms with van der Waals surface area (Å²) in [6, 6.07) is 0. The third-order valence-electron chi connectivity index (χ3n) is 2.33. The summed E-state index contributed by atoms with van der Waals surface area (Å²) in [4.78, 5) is 11.3. The number of hydrogen-bond acceptors (Lipinski definition) is 2. The largest absolute Gasteiger partial charge is 0.349 e. The summed E-state index contributed by atoms with van der Waals surface area (Å²) in [6.07, 6.45) is -0.691. The summed E-state index contributed by atoms with van der Waals surface area (Å²) in [5, 5.41) is 2.13. The van der Waals surface area contributed by atoms with Crippen LogP contribution in [0, 0.1) is 5.92 Å². The Kier molecular flexibility index (Phi) is 2.85. The van der Waals surface area contributed by atoms with Gasteiger partial charge in [0.15, 0.2) is 0 Å². The predicted octanol–water partition coefficient (Wildman–Crippen LogP) is 0.495. The number of alkyl halides is 2. The molecule has 13 heavy (non-hydrogen) atoms. The maximum atomic E-state index is 11.7. The lowest BCUT2D eigenvalue weighted by Crippen LogP contribution is -2.54. The minimum atomic E-state index is -2.51. The summed E-state index contributed by atoms with van der Waals surface area (Å²) in [5.41, 5.74) is 4.72. The van der Waals surface area contributed by atoms with Crippen LogP contribution in [-0.4, -0.2) is 24.4 Å². The first-order valence-electron chi connectivity index (χ1n) is 4.30. The van der Waals surface area contributed by atoms with Crippen LogP contribution in [0.15, 0.2) is 0 Å². The number of hydrogen-bond donors (Lipinski definition) is 2. The first-order chi connectivity index (χ1) is 5.94. The number of carbonyl (C=O) groups is 1. The van der Waals surface area contributed by atoms with E-state index in [1.54, 1.807) is 6.92 Å². The second-order valence-electron chi connectivity index (χ2n) is 3.66. The van der Waals surface area contributed by atoms with Gasteiger partial charge in [-0.1, -0.05) is 0 Å². The molecule has 1 rings (SSSR count). The smallest absolute Gasteiger partial charge is 0.255 e. The van der Waals surface area contributed by atoms with Gasteiger partial charge < -0.3 is 11.1 Å². The zero-order valence-corrected chi connectivity index (χ0v) is 7.52. The molecule has 1 aliphatic rings. The number of rotatable bonds is 4. The van der Waals surface area contributed by atoms with Gasteiger partial charge in [0.05, 0.1) is 12.1 Å². The van der Waals surface area contributed by atoms with Crippen LogP contribution < -0.4 is 11.1 Å². The van der Waals surface area contributed by atoms with Gasteiger partial charge in [-0.2, -0.15) is 0 Å². The third kappa shape index (κ3) is 2.62. The Hall–Kier alpha value is -0.710. The normalized spacial score (nSPS) is 21.3. The Morgan fingerprint density at radius 1 is 1.69 bits per heavy atom. The molecule has 0 spiro atoms. The van der Waals surface area contributed by atoms with Crippen molar-refractivity contribution < 1.29 is 13.6 Å². The van der Waals surface area contributed by atoms with Crippen molar-refractivity contribution in [1.82, 2.24) is 5.32 Å². The number of amides is 1. The van der Waals surface area contributed by atoms with Crippen molar-refractivity contribution >= 4 is 5.91 Å². The van der Waals surface area contributed by atoms with Crippen LogP contribution >= 0.6 is 0 Å². The number of nitrogens with one attached hydrogen (secondary N) is 1. The number of carbonyl (C=O) groups excluding carboxylic acids is 1. The number of nitrogens with two attached hydrogens (primary N) is 1. The first kappa shape index (κ1) is 10.4. The fourth-order valence-corrected chi connectivity index (χ4v) is 1.23. The van der Waals surface area contributed by atoms with Crippen LogP contribution in [0.2, 0.25) is 0 Å². The molecule has 0 saturated heterocycles. The van der Waals surface area contributed by atoms with Crippen LogP contribution in [0.5, 0.6) is 0 Å². The van der Waals surface area contributed by atoms with Crippen molar-refractivity contribution in [3.8, 4) is 0 Å². The van der Waals surface area contributed by atoms with E-state index in [1.165, 1.54) is 0 Å². The molecule has 0 bridgehead atoms. The van der Waals surface area contributed by atoms with Gasteiger partial charge in [0.25, 0.3) is 6.43 Å². The standard InChI is InChI=1S/C8H14F2N2O/c1-8(11,5-2-3-5)7(13)12-4-6(9)10/h5-6H,2-4,11H2,1H3,(H,12,13). The van der Waals surface area contributed by atoms with Gasteiger partial charge in [-0.05, 0) is 25.7 Å². The van der Waals surface area contributed by atoms with Gasteiger partial charge >= 0.3 is 0 Å². The van der Waals surface area contributed by atoms with Gasteiger partial charge in [0.2, 0.25) is 5.91 Å². The van der Waals surface area contributed by atoms with E-state index in [9.17, 15) is 13.6 Å². The molecule has 0 aliphatic heterocycles. The second-order valence-corrected chi connectivity index (χ2v) is 3.66. The van der Waals surface area contributed by atoms with Gasteiger partial charge in [0, 0.05) is 0 Å². The topological polar surface area (TPSA) is 55.1 Å². The van der Waals surface area contributed by atoms with Crippen molar-refractivity contribution in [1.29, 1.82) is 0 Å². The molecule has 0 heterocycles. The molecule has 0 aromatic heterocycles. The average Bonchev–Trinajstić information content (AvgIpc) is 2.81. The zero-order chi connectivity index (χ0) is 10.1. The van der Waals surface area contributed by atoms with Gasteiger partial charge in [-0.25, -0.2) is 8.78 Å². The maximum absolute atomic E-state index is 11.7. The quantitative estimate of drug-likeness (QED) is 0.681. The average molecular weight is 192 g/mol. The number of halogens is 2. The third-order valence-corrected chi connectivity index (χ3v) is 2.33. The Morgan fingerprint density at radius 2 is 2.23 bits per heavy atom. The van der Waals surface area contributed by atoms with Crippen molar-refractivity contribution in [2.75, 3.05) is 6.54 Å². The van der Waals surface area contributed by atoms with E-state index in [1.807, 2.05) is 0 Å². The van der Waals surface area contributed by atoms with E-state index >= 15 is 0 Å². The van der Waals surface area contributed by atoms with Gasteiger partial charge in [0.1, 0.15) is 0 Å². The van der Waals surface area contributed by atoms with E-state index in [4.69, 9.17) is 5.73 Å². The molecule has 3 N–H and O–H groups in total. The predicted molar refractivity (Wildman–Crippen MR) is 44.3 cm³/mol. The van der Waals surface area contributed by atoms with Gasteiger partial charge in [-0.3, -0.25) is 4.79 Å². The highest BCUT2D eigenvalue weighted by atomic mass is 19.3. The Bertz CT molecular complexity index is 202. The molecule has 1 fully saturated rings. The van der Waals surface area contributed by atoms with Crippen molar-refractivity contribution in [2.24, 2.45) is 11.7 Å². The molecular weight excluding hydrogens is 178 g/mol. The van der Waals surface area contributed by atoms with E-state index < -0.39 is 24.4 Å². The molecule has 3 nitrogen and oxygen atoms in total. The molecule has 76 valence electrons. The fourth-order valence-electron chi connectivity index (χ4n) is 1.23. The summed E-state index contributed by atoms with van der Waals surface area (Å²) in [6.45, 7) is 0.976. The summed E-state index contributed by atoms with van der Waals surface area (Å²) >= 11 is 0. The second kappa shape index (κ2) is 3.57. The lowest BCUT2D eigenvalue weighted by molar-refractivity contribution is -0.127. The minimum Gasteiger partial charge on any atom is -0.349 e. The molecule has 5 heteroatoms. The Morgan fingerprint density at radius 3 is 2.62 bits per heavy atom. The SMILES string of the molecule is CC(N)(C(=O)NCC(F)F)C1CC1. The van der Waals surface area contributed by atoms with Crippen molar-refractivity contribution in [3.63, 3.8) is 0 Å². The highest BCUT2D eigenvalue weighted by Gasteiger charge is 2.43. The highest BCUT2D eigenvalue weighted by molar-refractivity contribution is 5.86. The van der Waals surface area contributed by atoms with E-state index in [-0.39, 0.29) is 5.92 Å². The minimum absolute atomic E-state index is 0.158. The lowest BCUT2D eigenvalue weighted by atomic mass is 9.96. The Balaban J connectivity index is 2.37. The zero-order valence-electron chi connectivity index (χ0n) is 7.52. The Labute approximate surface area is 75.7 Å². The van der Waals surface area contributed by atoms with Crippen molar-refractivity contribution in [3.05, 3.63) is 0 Å². The van der Waals surface area contributed by atoms with E-state index in [0.29, 0.717) is 0 Å². The molecule has 1 saturated carbocycles. The van der Waals surface area contributed by atoms with Crippen LogP contribution in [0.4, 0.5) is 8.78 Å². The molecule has 1 unspecified atom stereocenters. The molecule has 1 aliphatic carbocycles. The van der Waals surface area contributed by atoms with Crippen LogP contribution in [0.3, 0.4) is 0 Å². The first-order valence-corrected chi connectivity index (χ1v) is 4.30. The monoisotopic (exact) mass is 192 g/mol. The fraction of sp³-hybridized carbons (Fsp3) is 0.875. The molecular formula is C8H14F2N2O. The summed E-state index contributed by atoms with van der Waals surface area (Å²) in [5.74, 6) is -0.319. The highest BCUT2D eigenvalue weighted by Crippen LogP contribution is 2.38. The summed E-state index contributed by atoms with van der Waals surface area (Å²) < 4.78 is 23.5. The molecule has 0 aromatic rings. The maximum Gasteiger partial charge on any atom is 0.255 e. The lowest BCUT2D eigenvalue weighted by Gasteiger charge is -2.22. The van der Waals surface area contributed by atoms with Crippen LogP contribution in [0.25, 0.3) is 0 Å².